The van der Waals surface area contributed by atoms with Crippen molar-refractivity contribution in [3.63, 3.8) is 0 Å². The summed E-state index contributed by atoms with van der Waals surface area (Å²) >= 11 is 0. The summed E-state index contributed by atoms with van der Waals surface area (Å²) in [5.74, 6) is -3.94. The lowest BCUT2D eigenvalue weighted by molar-refractivity contribution is -0.168. The van der Waals surface area contributed by atoms with Crippen molar-refractivity contribution in [3.05, 3.63) is 11.1 Å². The second-order valence-corrected chi connectivity index (χ2v) is 14.2. The number of carboxylic acid groups (broad SMARTS) is 1. The molecule has 0 amide bonds. The maximum atomic E-state index is 14.2. The number of Topliss-reactive ketones (excluding diaryl/α,β-unsaturated/α-hetero) is 3. The minimum absolute atomic E-state index is 0.0305. The molecule has 2 saturated carbocycles. The van der Waals surface area contributed by atoms with Gasteiger partial charge in [0.25, 0.3) is 6.47 Å². The van der Waals surface area contributed by atoms with Gasteiger partial charge in [0.2, 0.25) is 0 Å². The smallest absolute Gasteiger partial charge is 0.306 e. The molecule has 0 saturated heterocycles. The van der Waals surface area contributed by atoms with Gasteiger partial charge in [-0.15, -0.1) is 0 Å². The zero-order valence-electron chi connectivity index (χ0n) is 24.7. The number of ketones is 3. The van der Waals surface area contributed by atoms with E-state index in [9.17, 15) is 39.3 Å². The summed E-state index contributed by atoms with van der Waals surface area (Å²) in [6.07, 6.45) is -1.76. The SMILES string of the molecule is CC(CC(=O)CC(C)C1CC(=O)C2(C)C3=C(C(=O)C(O)C12C)C1(C)CCC(OC=O)C(C)(C)C1CC3O)C(=O)O. The fourth-order valence-corrected chi connectivity index (χ4v) is 9.43. The monoisotopic (exact) mass is 560 g/mol. The average molecular weight is 561 g/mol. The standard InChI is InChI=1S/C31H44O9/c1-15(10-17(33)11-16(2)27(38)39)18-12-21(35)31(7)23-19(34)13-20-28(3,4)22(40-14-32)8-9-29(20,5)24(23)25(36)26(37)30(18,31)6/h14-16,18-20,22,26,34,37H,8-13H2,1-7H3,(H,38,39). The molecule has 0 aliphatic heterocycles. The number of rotatable bonds is 8. The molecule has 0 aromatic heterocycles. The molecule has 3 N–H and O–H groups in total. The van der Waals surface area contributed by atoms with E-state index in [-0.39, 0.29) is 49.3 Å². The number of ether oxygens (including phenoxy) is 1. The minimum atomic E-state index is -1.52. The Kier molecular flexibility index (Phi) is 7.54. The highest BCUT2D eigenvalue weighted by Crippen LogP contribution is 2.70. The summed E-state index contributed by atoms with van der Waals surface area (Å²) < 4.78 is 5.42. The van der Waals surface area contributed by atoms with E-state index < -0.39 is 63.4 Å². The van der Waals surface area contributed by atoms with Crippen LogP contribution in [-0.4, -0.2) is 63.4 Å². The predicted octanol–water partition coefficient (Wildman–Crippen LogP) is 3.28. The predicted molar refractivity (Wildman–Crippen MR) is 144 cm³/mol. The number of aliphatic hydroxyl groups is 2. The number of carbonyl (C=O) groups excluding carboxylic acids is 4. The number of carbonyl (C=O) groups is 5. The first-order valence-electron chi connectivity index (χ1n) is 14.4. The van der Waals surface area contributed by atoms with Crippen LogP contribution in [0.25, 0.3) is 0 Å². The van der Waals surface area contributed by atoms with E-state index in [1.54, 1.807) is 13.8 Å². The van der Waals surface area contributed by atoms with Gasteiger partial charge in [-0.1, -0.05) is 41.5 Å². The molecule has 4 aliphatic rings. The molecule has 0 aromatic rings. The van der Waals surface area contributed by atoms with Gasteiger partial charge < -0.3 is 20.1 Å². The first kappa shape index (κ1) is 30.6. The molecular weight excluding hydrogens is 516 g/mol. The molecule has 10 atom stereocenters. The molecule has 222 valence electrons. The number of hydrogen-bond donors (Lipinski definition) is 3. The normalized spacial score (nSPS) is 41.9. The van der Waals surface area contributed by atoms with E-state index in [1.807, 2.05) is 27.7 Å². The Balaban J connectivity index is 1.78. The number of fused-ring (bicyclic) bond motifs is 4. The molecule has 2 fully saturated rings. The summed E-state index contributed by atoms with van der Waals surface area (Å²) in [6.45, 7) is 13.1. The third-order valence-electron chi connectivity index (χ3n) is 11.9. The maximum Gasteiger partial charge on any atom is 0.306 e. The highest BCUT2D eigenvalue weighted by Gasteiger charge is 2.73. The van der Waals surface area contributed by atoms with Gasteiger partial charge in [-0.2, -0.15) is 0 Å². The van der Waals surface area contributed by atoms with Crippen LogP contribution in [0.4, 0.5) is 0 Å². The van der Waals surface area contributed by atoms with Crippen LogP contribution >= 0.6 is 0 Å². The van der Waals surface area contributed by atoms with Gasteiger partial charge in [0.15, 0.2) is 5.78 Å². The first-order valence-corrected chi connectivity index (χ1v) is 14.4. The van der Waals surface area contributed by atoms with E-state index in [0.717, 1.165) is 0 Å². The van der Waals surface area contributed by atoms with Crippen LogP contribution in [0, 0.1) is 45.3 Å². The van der Waals surface area contributed by atoms with E-state index in [0.29, 0.717) is 30.5 Å². The molecule has 0 spiro atoms. The van der Waals surface area contributed by atoms with Gasteiger partial charge in [0.05, 0.1) is 17.4 Å². The topological polar surface area (TPSA) is 155 Å². The van der Waals surface area contributed by atoms with E-state index in [4.69, 9.17) is 4.74 Å². The molecule has 10 unspecified atom stereocenters. The van der Waals surface area contributed by atoms with Crippen LogP contribution < -0.4 is 0 Å². The Labute approximate surface area is 235 Å². The van der Waals surface area contributed by atoms with E-state index in [2.05, 4.69) is 0 Å². The largest absolute Gasteiger partial charge is 0.481 e. The molecular formula is C31H44O9. The second-order valence-electron chi connectivity index (χ2n) is 14.2. The van der Waals surface area contributed by atoms with Crippen LogP contribution in [0.2, 0.25) is 0 Å². The van der Waals surface area contributed by atoms with Gasteiger partial charge in [-0.3, -0.25) is 24.0 Å². The van der Waals surface area contributed by atoms with Gasteiger partial charge >= 0.3 is 5.97 Å². The number of aliphatic carboxylic acids is 1. The van der Waals surface area contributed by atoms with Crippen molar-refractivity contribution in [2.75, 3.05) is 0 Å². The fraction of sp³-hybridized carbons (Fsp3) is 0.774. The molecule has 0 radical (unpaired) electrons. The van der Waals surface area contributed by atoms with Crippen LogP contribution in [-0.2, 0) is 28.7 Å². The molecule has 40 heavy (non-hydrogen) atoms. The van der Waals surface area contributed by atoms with Gasteiger partial charge in [-0.25, -0.2) is 0 Å². The first-order chi connectivity index (χ1) is 18.4. The zero-order valence-corrected chi connectivity index (χ0v) is 24.7. The zero-order chi connectivity index (χ0) is 30.2. The molecule has 4 aliphatic carbocycles. The Morgan fingerprint density at radius 2 is 1.70 bits per heavy atom. The molecule has 4 rings (SSSR count). The highest BCUT2D eigenvalue weighted by atomic mass is 16.5. The second kappa shape index (κ2) is 9.86. The summed E-state index contributed by atoms with van der Waals surface area (Å²) in [5.41, 5.74) is -3.13. The summed E-state index contributed by atoms with van der Waals surface area (Å²) in [7, 11) is 0. The lowest BCUT2D eigenvalue weighted by atomic mass is 9.42. The number of hydrogen-bond acceptors (Lipinski definition) is 8. The van der Waals surface area contributed by atoms with Crippen molar-refractivity contribution in [2.45, 2.75) is 105 Å². The van der Waals surface area contributed by atoms with Crippen LogP contribution in [0.3, 0.4) is 0 Å². The minimum Gasteiger partial charge on any atom is -0.481 e. The number of aliphatic hydroxyl groups excluding tert-OH is 2. The summed E-state index contributed by atoms with van der Waals surface area (Å²) in [4.78, 5) is 63.4. The van der Waals surface area contributed by atoms with Gasteiger partial charge in [0, 0.05) is 35.7 Å². The van der Waals surface area contributed by atoms with Crippen LogP contribution in [0.15, 0.2) is 11.1 Å². The lowest BCUT2D eigenvalue weighted by Gasteiger charge is -2.62. The number of carboxylic acids is 1. The molecule has 9 heteroatoms. The van der Waals surface area contributed by atoms with Crippen molar-refractivity contribution in [2.24, 2.45) is 45.3 Å². The van der Waals surface area contributed by atoms with E-state index in [1.165, 1.54) is 6.92 Å². The lowest BCUT2D eigenvalue weighted by Crippen LogP contribution is -2.65. The fourth-order valence-electron chi connectivity index (χ4n) is 9.43. The molecule has 0 bridgehead atoms. The third-order valence-corrected chi connectivity index (χ3v) is 11.9. The Hall–Kier alpha value is -2.39. The van der Waals surface area contributed by atoms with Crippen LogP contribution in [0.1, 0.15) is 87.0 Å². The van der Waals surface area contributed by atoms with E-state index >= 15 is 0 Å². The molecule has 9 nitrogen and oxygen atoms in total. The Morgan fingerprint density at radius 1 is 1.07 bits per heavy atom. The van der Waals surface area contributed by atoms with Crippen LogP contribution in [0.5, 0.6) is 0 Å². The summed E-state index contributed by atoms with van der Waals surface area (Å²) in [6, 6.07) is 0. The van der Waals surface area contributed by atoms with Crippen molar-refractivity contribution in [1.82, 2.24) is 0 Å². The van der Waals surface area contributed by atoms with Gasteiger partial charge in [0.1, 0.15) is 23.8 Å². The molecule has 0 aromatic carbocycles. The Morgan fingerprint density at radius 3 is 2.27 bits per heavy atom. The van der Waals surface area contributed by atoms with Crippen molar-refractivity contribution >= 4 is 29.8 Å². The quantitative estimate of drug-likeness (QED) is 0.379. The highest BCUT2D eigenvalue weighted by molar-refractivity contribution is 6.07. The third kappa shape index (κ3) is 3.97. The molecule has 0 heterocycles. The Bertz CT molecular complexity index is 1170. The van der Waals surface area contributed by atoms with Crippen molar-refractivity contribution in [3.8, 4) is 0 Å². The van der Waals surface area contributed by atoms with Gasteiger partial charge in [-0.05, 0) is 54.9 Å². The summed E-state index contributed by atoms with van der Waals surface area (Å²) in [5, 5.41) is 32.7. The van der Waals surface area contributed by atoms with Crippen molar-refractivity contribution in [1.29, 1.82) is 0 Å². The maximum absolute atomic E-state index is 14.2. The van der Waals surface area contributed by atoms with Crippen molar-refractivity contribution < 1.29 is 44.0 Å². The average Bonchev–Trinajstić information content (AvgIpc) is 3.07.